The van der Waals surface area contributed by atoms with Gasteiger partial charge in [0.2, 0.25) is 11.8 Å². The summed E-state index contributed by atoms with van der Waals surface area (Å²) in [6, 6.07) is 16.4. The highest BCUT2D eigenvalue weighted by Crippen LogP contribution is 2.25. The molecule has 27 heavy (non-hydrogen) atoms. The summed E-state index contributed by atoms with van der Waals surface area (Å²) in [5, 5.41) is 6.40. The van der Waals surface area contributed by atoms with Crippen molar-refractivity contribution in [3.63, 3.8) is 0 Å². The predicted molar refractivity (Wildman–Crippen MR) is 106 cm³/mol. The van der Waals surface area contributed by atoms with Crippen LogP contribution in [0.3, 0.4) is 0 Å². The Hall–Kier alpha value is -3.41. The average molecular weight is 363 g/mol. The number of ether oxygens (including phenoxy) is 1. The van der Waals surface area contributed by atoms with Gasteiger partial charge < -0.3 is 15.4 Å². The van der Waals surface area contributed by atoms with Gasteiger partial charge in [0.1, 0.15) is 12.2 Å². The second-order valence-corrected chi connectivity index (χ2v) is 6.32. The van der Waals surface area contributed by atoms with Crippen LogP contribution >= 0.6 is 0 Å². The van der Waals surface area contributed by atoms with Crippen LogP contribution < -0.4 is 15.4 Å². The van der Waals surface area contributed by atoms with Crippen molar-refractivity contribution in [2.75, 3.05) is 10.6 Å². The van der Waals surface area contributed by atoms with E-state index in [2.05, 4.69) is 15.6 Å². The van der Waals surface area contributed by atoms with E-state index < -0.39 is 11.8 Å². The van der Waals surface area contributed by atoms with Crippen LogP contribution in [-0.4, -0.2) is 22.9 Å². The number of aromatic nitrogens is 1. The number of hydrogen-bond donors (Lipinski definition) is 2. The van der Waals surface area contributed by atoms with Gasteiger partial charge in [-0.05, 0) is 38.1 Å². The Morgan fingerprint density at radius 1 is 0.926 bits per heavy atom. The smallest absolute Gasteiger partial charge is 0.233 e. The first-order valence-electron chi connectivity index (χ1n) is 8.72. The fourth-order valence-electron chi connectivity index (χ4n) is 2.67. The summed E-state index contributed by atoms with van der Waals surface area (Å²) in [5.41, 5.74) is 1.80. The minimum absolute atomic E-state index is 0.0230. The standard InChI is InChI=1S/C21H21N3O3/c1-14(2)27-18-11-4-3-9-16(18)23-19(25)13-20(26)24-17-10-5-7-15-8-6-12-22-21(15)17/h3-12,14H,13H2,1-2H3,(H,23,25)(H,24,26). The average Bonchev–Trinajstić information content (AvgIpc) is 2.63. The molecule has 0 aliphatic carbocycles. The summed E-state index contributed by atoms with van der Waals surface area (Å²) in [4.78, 5) is 28.8. The first-order chi connectivity index (χ1) is 13.0. The Morgan fingerprint density at radius 3 is 2.37 bits per heavy atom. The molecule has 0 aliphatic heterocycles. The molecule has 0 fully saturated rings. The molecular formula is C21H21N3O3. The molecule has 0 bridgehead atoms. The largest absolute Gasteiger partial charge is 0.489 e. The molecule has 0 aliphatic rings. The van der Waals surface area contributed by atoms with E-state index in [0.29, 0.717) is 22.6 Å². The molecule has 3 aromatic rings. The Bertz CT molecular complexity index is 964. The number of rotatable bonds is 6. The third kappa shape index (κ3) is 4.82. The maximum absolute atomic E-state index is 12.3. The van der Waals surface area contributed by atoms with Crippen LogP contribution in [0.5, 0.6) is 5.75 Å². The van der Waals surface area contributed by atoms with Crippen LogP contribution in [-0.2, 0) is 9.59 Å². The van der Waals surface area contributed by atoms with Gasteiger partial charge in [-0.25, -0.2) is 0 Å². The molecule has 3 rings (SSSR count). The summed E-state index contributed by atoms with van der Waals surface area (Å²) in [5.74, 6) is -0.257. The maximum Gasteiger partial charge on any atom is 0.233 e. The number of nitrogens with one attached hydrogen (secondary N) is 2. The highest BCUT2D eigenvalue weighted by molar-refractivity contribution is 6.10. The lowest BCUT2D eigenvalue weighted by atomic mass is 10.2. The summed E-state index contributed by atoms with van der Waals surface area (Å²) >= 11 is 0. The van der Waals surface area contributed by atoms with Crippen molar-refractivity contribution in [1.29, 1.82) is 0 Å². The molecule has 0 radical (unpaired) electrons. The predicted octanol–water partition coefficient (Wildman–Crippen LogP) is 3.99. The van der Waals surface area contributed by atoms with Gasteiger partial charge in [-0.2, -0.15) is 0 Å². The molecule has 6 nitrogen and oxygen atoms in total. The van der Waals surface area contributed by atoms with Gasteiger partial charge in [0, 0.05) is 11.6 Å². The number of para-hydroxylation sites is 3. The Morgan fingerprint density at radius 2 is 1.59 bits per heavy atom. The van der Waals surface area contributed by atoms with E-state index in [1.54, 1.807) is 30.5 Å². The lowest BCUT2D eigenvalue weighted by Crippen LogP contribution is -2.22. The van der Waals surface area contributed by atoms with E-state index in [1.807, 2.05) is 44.2 Å². The lowest BCUT2D eigenvalue weighted by Gasteiger charge is -2.14. The van der Waals surface area contributed by atoms with Crippen LogP contribution in [0.1, 0.15) is 20.3 Å². The van der Waals surface area contributed by atoms with Crippen molar-refractivity contribution in [2.24, 2.45) is 0 Å². The van der Waals surface area contributed by atoms with Gasteiger partial charge in [0.25, 0.3) is 0 Å². The highest BCUT2D eigenvalue weighted by Gasteiger charge is 2.14. The zero-order valence-electron chi connectivity index (χ0n) is 15.2. The normalized spacial score (nSPS) is 10.6. The van der Waals surface area contributed by atoms with Crippen molar-refractivity contribution in [3.8, 4) is 5.75 Å². The topological polar surface area (TPSA) is 80.3 Å². The van der Waals surface area contributed by atoms with E-state index in [1.165, 1.54) is 0 Å². The number of amides is 2. The Kier molecular flexibility index (Phi) is 5.66. The van der Waals surface area contributed by atoms with Crippen molar-refractivity contribution in [2.45, 2.75) is 26.4 Å². The van der Waals surface area contributed by atoms with Crippen molar-refractivity contribution in [1.82, 2.24) is 4.98 Å². The molecule has 0 saturated carbocycles. The van der Waals surface area contributed by atoms with E-state index in [4.69, 9.17) is 4.74 Å². The van der Waals surface area contributed by atoms with Gasteiger partial charge in [0.05, 0.1) is 23.0 Å². The molecule has 2 N–H and O–H groups in total. The van der Waals surface area contributed by atoms with Crippen molar-refractivity contribution < 1.29 is 14.3 Å². The summed E-state index contributed by atoms with van der Waals surface area (Å²) in [6.07, 6.45) is 1.33. The third-order valence-electron chi connectivity index (χ3n) is 3.75. The van der Waals surface area contributed by atoms with Crippen LogP contribution in [0.15, 0.2) is 60.8 Å². The molecule has 0 saturated heterocycles. The van der Waals surface area contributed by atoms with Crippen LogP contribution in [0.4, 0.5) is 11.4 Å². The highest BCUT2D eigenvalue weighted by atomic mass is 16.5. The zero-order valence-corrected chi connectivity index (χ0v) is 15.2. The first kappa shape index (κ1) is 18.4. The number of fused-ring (bicyclic) bond motifs is 1. The van der Waals surface area contributed by atoms with Crippen molar-refractivity contribution in [3.05, 3.63) is 60.8 Å². The van der Waals surface area contributed by atoms with Crippen LogP contribution in [0.2, 0.25) is 0 Å². The van der Waals surface area contributed by atoms with Gasteiger partial charge in [-0.15, -0.1) is 0 Å². The molecule has 6 heteroatoms. The zero-order chi connectivity index (χ0) is 19.2. The van der Waals surface area contributed by atoms with Gasteiger partial charge in [-0.3, -0.25) is 14.6 Å². The number of anilines is 2. The molecule has 2 amide bonds. The minimum Gasteiger partial charge on any atom is -0.489 e. The SMILES string of the molecule is CC(C)Oc1ccccc1NC(=O)CC(=O)Nc1cccc2cccnc12. The summed E-state index contributed by atoms with van der Waals surface area (Å²) < 4.78 is 5.67. The third-order valence-corrected chi connectivity index (χ3v) is 3.75. The van der Waals surface area contributed by atoms with Gasteiger partial charge in [0.15, 0.2) is 0 Å². The fraction of sp³-hybridized carbons (Fsp3) is 0.190. The Labute approximate surface area is 157 Å². The molecule has 138 valence electrons. The number of nitrogens with zero attached hydrogens (tertiary/aromatic N) is 1. The van der Waals surface area contributed by atoms with Crippen molar-refractivity contribution >= 4 is 34.1 Å². The molecule has 0 spiro atoms. The van der Waals surface area contributed by atoms with Gasteiger partial charge >= 0.3 is 0 Å². The maximum atomic E-state index is 12.3. The van der Waals surface area contributed by atoms with E-state index in [-0.39, 0.29) is 12.5 Å². The quantitative estimate of drug-likeness (QED) is 0.649. The number of hydrogen-bond acceptors (Lipinski definition) is 4. The molecule has 2 aromatic carbocycles. The summed E-state index contributed by atoms with van der Waals surface area (Å²) in [6.45, 7) is 3.81. The summed E-state index contributed by atoms with van der Waals surface area (Å²) in [7, 11) is 0. The first-order valence-corrected chi connectivity index (χ1v) is 8.72. The van der Waals surface area contributed by atoms with E-state index in [9.17, 15) is 9.59 Å². The second-order valence-electron chi connectivity index (χ2n) is 6.32. The Balaban J connectivity index is 1.65. The van der Waals surface area contributed by atoms with Crippen LogP contribution in [0, 0.1) is 0 Å². The molecular weight excluding hydrogens is 342 g/mol. The number of benzene rings is 2. The number of carbonyl (C=O) groups is 2. The molecule has 0 unspecified atom stereocenters. The molecule has 1 heterocycles. The number of pyridine rings is 1. The van der Waals surface area contributed by atoms with Crippen LogP contribution in [0.25, 0.3) is 10.9 Å². The van der Waals surface area contributed by atoms with E-state index in [0.717, 1.165) is 5.39 Å². The minimum atomic E-state index is -0.416. The van der Waals surface area contributed by atoms with Gasteiger partial charge in [-0.1, -0.05) is 30.3 Å². The van der Waals surface area contributed by atoms with E-state index >= 15 is 0 Å². The lowest BCUT2D eigenvalue weighted by molar-refractivity contribution is -0.123. The fourth-order valence-corrected chi connectivity index (χ4v) is 2.67. The second kappa shape index (κ2) is 8.31. The molecule has 0 atom stereocenters. The molecule has 1 aromatic heterocycles. The number of carbonyl (C=O) groups excluding carboxylic acids is 2. The monoisotopic (exact) mass is 363 g/mol.